The van der Waals surface area contributed by atoms with E-state index in [0.717, 1.165) is 23.7 Å². The first-order valence-electron chi connectivity index (χ1n) is 7.88. The van der Waals surface area contributed by atoms with Gasteiger partial charge in [-0.25, -0.2) is 9.19 Å². The van der Waals surface area contributed by atoms with Crippen LogP contribution in [0.4, 0.5) is 11.7 Å². The van der Waals surface area contributed by atoms with Gasteiger partial charge in [0.1, 0.15) is 10.5 Å². The number of nitrogens with zero attached hydrogens (tertiary/aromatic N) is 3. The number of nitrogens with one attached hydrogen (secondary N) is 2. The molecule has 0 aliphatic carbocycles. The lowest BCUT2D eigenvalue weighted by atomic mass is 9.92. The topological polar surface area (TPSA) is 104 Å². The highest BCUT2D eigenvalue weighted by Gasteiger charge is 2.38. The van der Waals surface area contributed by atoms with E-state index in [1.807, 2.05) is 5.38 Å². The maximum Gasteiger partial charge on any atom is 0.298 e. The predicted molar refractivity (Wildman–Crippen MR) is 97.1 cm³/mol. The summed E-state index contributed by atoms with van der Waals surface area (Å²) in [5.41, 5.74) is 2.55. The normalized spacial score (nSPS) is 23.5. The van der Waals surface area contributed by atoms with E-state index in [0.29, 0.717) is 34.9 Å². The Kier molecular flexibility index (Phi) is 3.52. The summed E-state index contributed by atoms with van der Waals surface area (Å²) < 4.78 is 28.8. The van der Waals surface area contributed by atoms with Gasteiger partial charge in [-0.05, 0) is 18.6 Å². The van der Waals surface area contributed by atoms with Gasteiger partial charge in [-0.15, -0.1) is 11.3 Å². The Labute approximate surface area is 149 Å². The van der Waals surface area contributed by atoms with Crippen molar-refractivity contribution in [3.63, 3.8) is 0 Å². The number of oxazole rings is 1. The molecule has 3 fully saturated rings. The number of anilines is 2. The minimum atomic E-state index is -2.16. The smallest absolute Gasteiger partial charge is 0.298 e. The summed E-state index contributed by atoms with van der Waals surface area (Å²) in [5, 5.41) is 6.15. The molecule has 3 saturated heterocycles. The molecule has 3 N–H and O–H groups in total. The molecule has 8 nitrogen and oxygen atoms in total. The molecule has 3 aromatic rings. The SMILES string of the molecule is O=S(O)Nc1cc(-c2nccs2)c2oc(N3CC4CC(C3)N4)nc2c1. The van der Waals surface area contributed by atoms with Crippen LogP contribution in [0.5, 0.6) is 0 Å². The average molecular weight is 377 g/mol. The van der Waals surface area contributed by atoms with E-state index >= 15 is 0 Å². The first-order valence-corrected chi connectivity index (χ1v) is 9.87. The van der Waals surface area contributed by atoms with E-state index in [1.165, 1.54) is 17.8 Å². The number of piperazine rings is 1. The standard InChI is InChI=1S/C15H15N5O3S2/c21-25(22)19-8-4-11(14-16-1-2-24-14)13-12(5-8)18-15(23-13)20-6-9-3-10(7-20)17-9/h1-2,4-5,9-10,17,19H,3,6-7H2,(H,21,22). The molecule has 0 amide bonds. The molecule has 130 valence electrons. The molecule has 3 atom stereocenters. The first kappa shape index (κ1) is 15.3. The molecular weight excluding hydrogens is 362 g/mol. The summed E-state index contributed by atoms with van der Waals surface area (Å²) in [6.45, 7) is 1.75. The molecule has 0 radical (unpaired) electrons. The average Bonchev–Trinajstić information content (AvgIpc) is 3.22. The largest absolute Gasteiger partial charge is 0.423 e. The van der Waals surface area contributed by atoms with Crippen LogP contribution >= 0.6 is 11.3 Å². The number of aromatic nitrogens is 2. The van der Waals surface area contributed by atoms with Crippen LogP contribution in [0, 0.1) is 0 Å². The second-order valence-corrected chi connectivity index (χ2v) is 7.86. The van der Waals surface area contributed by atoms with Crippen LogP contribution in [0.1, 0.15) is 6.42 Å². The molecular formula is C15H15N5O3S2. The number of hydrogen-bond donors (Lipinski definition) is 3. The van der Waals surface area contributed by atoms with E-state index in [4.69, 9.17) is 8.97 Å². The lowest BCUT2D eigenvalue weighted by molar-refractivity contribution is 0.220. The number of piperidine rings is 1. The first-order chi connectivity index (χ1) is 12.2. The van der Waals surface area contributed by atoms with Crippen molar-refractivity contribution in [2.75, 3.05) is 22.7 Å². The maximum atomic E-state index is 11.1. The Morgan fingerprint density at radius 1 is 1.40 bits per heavy atom. The van der Waals surface area contributed by atoms with E-state index in [2.05, 4.69) is 24.9 Å². The zero-order valence-corrected chi connectivity index (χ0v) is 14.6. The molecule has 1 aromatic carbocycles. The Bertz CT molecular complexity index is 942. The number of fused-ring (bicyclic) bond motifs is 3. The molecule has 2 aromatic heterocycles. The molecule has 3 unspecified atom stereocenters. The molecule has 25 heavy (non-hydrogen) atoms. The van der Waals surface area contributed by atoms with Crippen LogP contribution < -0.4 is 14.9 Å². The lowest BCUT2D eigenvalue weighted by Gasteiger charge is -2.47. The second kappa shape index (κ2) is 5.77. The zero-order chi connectivity index (χ0) is 17.0. The second-order valence-electron chi connectivity index (χ2n) is 6.26. The van der Waals surface area contributed by atoms with Crippen molar-refractivity contribution >= 4 is 45.4 Å². The predicted octanol–water partition coefficient (Wildman–Crippen LogP) is 2.05. The van der Waals surface area contributed by atoms with Crippen LogP contribution in [0.15, 0.2) is 28.1 Å². The summed E-state index contributed by atoms with van der Waals surface area (Å²) in [4.78, 5) is 11.1. The quantitative estimate of drug-likeness (QED) is 0.598. The minimum absolute atomic E-state index is 0.501. The van der Waals surface area contributed by atoms with Crippen molar-refractivity contribution < 1.29 is 13.2 Å². The third-order valence-corrected chi connectivity index (χ3v) is 5.76. The van der Waals surface area contributed by atoms with E-state index < -0.39 is 11.3 Å². The Hall–Kier alpha value is -2.01. The fourth-order valence-electron chi connectivity index (χ4n) is 3.50. The lowest BCUT2D eigenvalue weighted by Crippen LogP contribution is -2.67. The number of thiazole rings is 1. The van der Waals surface area contributed by atoms with E-state index in [1.54, 1.807) is 18.3 Å². The van der Waals surface area contributed by atoms with Crippen LogP contribution in [-0.4, -0.2) is 43.9 Å². The molecule has 3 aliphatic rings. The van der Waals surface area contributed by atoms with Gasteiger partial charge in [0.05, 0.1) is 11.3 Å². The summed E-state index contributed by atoms with van der Waals surface area (Å²) >= 11 is -0.673. The van der Waals surface area contributed by atoms with Crippen molar-refractivity contribution in [1.29, 1.82) is 0 Å². The summed E-state index contributed by atoms with van der Waals surface area (Å²) in [6, 6.07) is 5.07. The van der Waals surface area contributed by atoms with Crippen molar-refractivity contribution in [2.45, 2.75) is 18.5 Å². The molecule has 0 spiro atoms. The fourth-order valence-corrected chi connectivity index (χ4v) is 4.47. The molecule has 0 saturated carbocycles. The molecule has 6 rings (SSSR count). The van der Waals surface area contributed by atoms with Crippen molar-refractivity contribution in [3.05, 3.63) is 23.7 Å². The monoisotopic (exact) mass is 377 g/mol. The van der Waals surface area contributed by atoms with Gasteiger partial charge in [-0.3, -0.25) is 9.27 Å². The third kappa shape index (κ3) is 2.71. The van der Waals surface area contributed by atoms with Gasteiger partial charge in [0, 0.05) is 36.8 Å². The van der Waals surface area contributed by atoms with Gasteiger partial charge in [-0.2, -0.15) is 4.98 Å². The van der Waals surface area contributed by atoms with Crippen LogP contribution in [-0.2, 0) is 11.3 Å². The van der Waals surface area contributed by atoms with Gasteiger partial charge in [-0.1, -0.05) is 0 Å². The minimum Gasteiger partial charge on any atom is -0.423 e. The van der Waals surface area contributed by atoms with Gasteiger partial charge >= 0.3 is 0 Å². The summed E-state index contributed by atoms with van der Waals surface area (Å²) in [5.74, 6) is 0. The highest BCUT2D eigenvalue weighted by atomic mass is 32.2. The molecule has 10 heteroatoms. The van der Waals surface area contributed by atoms with Crippen LogP contribution in [0.3, 0.4) is 0 Å². The van der Waals surface area contributed by atoms with E-state index in [-0.39, 0.29) is 0 Å². The van der Waals surface area contributed by atoms with Crippen LogP contribution in [0.25, 0.3) is 21.7 Å². The molecule has 5 heterocycles. The number of hydrogen-bond acceptors (Lipinski definition) is 7. The summed E-state index contributed by atoms with van der Waals surface area (Å²) in [6.07, 6.45) is 2.93. The molecule has 3 aliphatic heterocycles. The highest BCUT2D eigenvalue weighted by Crippen LogP contribution is 2.36. The Morgan fingerprint density at radius 3 is 2.88 bits per heavy atom. The van der Waals surface area contributed by atoms with Gasteiger partial charge in [0.2, 0.25) is 0 Å². The van der Waals surface area contributed by atoms with Gasteiger partial charge < -0.3 is 14.6 Å². The van der Waals surface area contributed by atoms with Crippen LogP contribution in [0.2, 0.25) is 0 Å². The number of benzene rings is 1. The Morgan fingerprint density at radius 2 is 2.20 bits per heavy atom. The zero-order valence-electron chi connectivity index (χ0n) is 13.0. The van der Waals surface area contributed by atoms with Crippen molar-refractivity contribution in [3.8, 4) is 10.6 Å². The van der Waals surface area contributed by atoms with Gasteiger partial charge in [0.15, 0.2) is 5.58 Å². The molecule has 2 bridgehead atoms. The highest BCUT2D eigenvalue weighted by molar-refractivity contribution is 7.80. The summed E-state index contributed by atoms with van der Waals surface area (Å²) in [7, 11) is 0. The fraction of sp³-hybridized carbons (Fsp3) is 0.333. The number of rotatable bonds is 4. The van der Waals surface area contributed by atoms with Crippen molar-refractivity contribution in [1.82, 2.24) is 15.3 Å². The maximum absolute atomic E-state index is 11.1. The van der Waals surface area contributed by atoms with E-state index in [9.17, 15) is 4.21 Å². The van der Waals surface area contributed by atoms with Gasteiger partial charge in [0.25, 0.3) is 17.3 Å². The van der Waals surface area contributed by atoms with Crippen molar-refractivity contribution in [2.24, 2.45) is 0 Å². The Balaban J connectivity index is 1.61. The third-order valence-electron chi connectivity index (χ3n) is 4.54.